The van der Waals surface area contributed by atoms with Crippen molar-refractivity contribution in [2.45, 2.75) is 64.1 Å². The van der Waals surface area contributed by atoms with Crippen LogP contribution < -0.4 is 20.7 Å². The van der Waals surface area contributed by atoms with E-state index in [9.17, 15) is 14.0 Å². The van der Waals surface area contributed by atoms with Crippen LogP contribution in [0.4, 0.5) is 10.1 Å². The molecule has 8 heteroatoms. The van der Waals surface area contributed by atoms with Gasteiger partial charge in [0.05, 0.1) is 0 Å². The highest BCUT2D eigenvalue weighted by molar-refractivity contribution is 5.96. The molecule has 7 nitrogen and oxygen atoms in total. The maximum atomic E-state index is 13.7. The number of ether oxygens (including phenoxy) is 1. The molecule has 44 heavy (non-hydrogen) atoms. The van der Waals surface area contributed by atoms with Gasteiger partial charge in [0.2, 0.25) is 5.91 Å². The second-order valence-corrected chi connectivity index (χ2v) is 11.5. The quantitative estimate of drug-likeness (QED) is 0.150. The Kier molecular flexibility index (Phi) is 10.7. The lowest BCUT2D eigenvalue weighted by atomic mass is 9.84. The summed E-state index contributed by atoms with van der Waals surface area (Å²) in [6.07, 6.45) is 6.15. The second-order valence-electron chi connectivity index (χ2n) is 11.5. The number of hydrogen-bond acceptors (Lipinski definition) is 5. The first-order valence-electron chi connectivity index (χ1n) is 15.4. The van der Waals surface area contributed by atoms with Gasteiger partial charge in [0.15, 0.2) is 5.76 Å². The van der Waals surface area contributed by atoms with Crippen molar-refractivity contribution in [3.8, 4) is 17.1 Å². The molecule has 1 aliphatic carbocycles. The summed E-state index contributed by atoms with van der Waals surface area (Å²) in [5.74, 6) is 0.540. The summed E-state index contributed by atoms with van der Waals surface area (Å²) >= 11 is 0. The number of anilines is 1. The monoisotopic (exact) mass is 597 g/mol. The van der Waals surface area contributed by atoms with Crippen molar-refractivity contribution in [1.82, 2.24) is 10.6 Å². The van der Waals surface area contributed by atoms with Gasteiger partial charge < -0.3 is 25.1 Å². The Balaban J connectivity index is 1.15. The van der Waals surface area contributed by atoms with E-state index >= 15 is 0 Å². The van der Waals surface area contributed by atoms with Crippen molar-refractivity contribution < 1.29 is 23.1 Å². The van der Waals surface area contributed by atoms with E-state index in [0.29, 0.717) is 36.8 Å². The molecule has 0 bridgehead atoms. The molecule has 1 saturated carbocycles. The summed E-state index contributed by atoms with van der Waals surface area (Å²) in [6.45, 7) is 2.94. The number of furan rings is 1. The average Bonchev–Trinajstić information content (AvgIpc) is 3.55. The van der Waals surface area contributed by atoms with Crippen LogP contribution in [0.3, 0.4) is 0 Å². The van der Waals surface area contributed by atoms with Gasteiger partial charge in [-0.2, -0.15) is 0 Å². The van der Waals surface area contributed by atoms with Gasteiger partial charge in [0, 0.05) is 23.8 Å². The van der Waals surface area contributed by atoms with E-state index < -0.39 is 11.9 Å². The summed E-state index contributed by atoms with van der Waals surface area (Å²) in [5, 5.41) is 9.34. The number of hydrogen-bond donors (Lipinski definition) is 3. The fraction of sp³-hybridized carbons (Fsp3) is 0.333. The Bertz CT molecular complexity index is 1500. The van der Waals surface area contributed by atoms with Gasteiger partial charge in [-0.05, 0) is 73.4 Å². The Morgan fingerprint density at radius 1 is 0.909 bits per heavy atom. The molecule has 1 fully saturated rings. The third kappa shape index (κ3) is 8.96. The molecule has 0 aliphatic heterocycles. The number of rotatable bonds is 13. The Morgan fingerprint density at radius 2 is 1.68 bits per heavy atom. The predicted octanol–water partition coefficient (Wildman–Crippen LogP) is 7.35. The van der Waals surface area contributed by atoms with E-state index in [1.54, 1.807) is 24.3 Å². The highest BCUT2D eigenvalue weighted by atomic mass is 19.1. The summed E-state index contributed by atoms with van der Waals surface area (Å²) < 4.78 is 25.3. The fourth-order valence-electron chi connectivity index (χ4n) is 5.55. The van der Waals surface area contributed by atoms with Crippen LogP contribution >= 0.6 is 0 Å². The summed E-state index contributed by atoms with van der Waals surface area (Å²) in [7, 11) is 0. The van der Waals surface area contributed by atoms with Gasteiger partial charge in [-0.1, -0.05) is 74.6 Å². The highest BCUT2D eigenvalue weighted by Gasteiger charge is 2.28. The Morgan fingerprint density at radius 3 is 2.43 bits per heavy atom. The second kappa shape index (κ2) is 15.2. The molecule has 3 aromatic carbocycles. The van der Waals surface area contributed by atoms with E-state index in [1.807, 2.05) is 61.5 Å². The number of amides is 2. The van der Waals surface area contributed by atoms with Gasteiger partial charge in [0.25, 0.3) is 5.91 Å². The van der Waals surface area contributed by atoms with Crippen LogP contribution in [0, 0.1) is 11.7 Å². The van der Waals surface area contributed by atoms with Crippen molar-refractivity contribution in [2.24, 2.45) is 5.92 Å². The molecule has 1 aliphatic rings. The number of carbonyl (C=O) groups is 2. The van der Waals surface area contributed by atoms with Crippen LogP contribution in [0.15, 0.2) is 95.4 Å². The average molecular weight is 598 g/mol. The molecular weight excluding hydrogens is 557 g/mol. The maximum Gasteiger partial charge on any atom is 0.287 e. The minimum absolute atomic E-state index is 0.0802. The van der Waals surface area contributed by atoms with E-state index in [4.69, 9.17) is 9.15 Å². The van der Waals surface area contributed by atoms with Gasteiger partial charge in [0.1, 0.15) is 30.0 Å². The Hall–Kier alpha value is -4.59. The van der Waals surface area contributed by atoms with Gasteiger partial charge >= 0.3 is 0 Å². The predicted molar refractivity (Wildman–Crippen MR) is 170 cm³/mol. The number of nitrogens with one attached hydrogen (secondary N) is 3. The van der Waals surface area contributed by atoms with Crippen molar-refractivity contribution >= 4 is 17.5 Å². The molecule has 0 radical (unpaired) electrons. The summed E-state index contributed by atoms with van der Waals surface area (Å²) in [5.41, 5.74) is 2.56. The molecule has 0 spiro atoms. The molecule has 2 amide bonds. The third-order valence-electron chi connectivity index (χ3n) is 7.96. The third-order valence-corrected chi connectivity index (χ3v) is 7.96. The molecule has 0 unspecified atom stereocenters. The lowest BCUT2D eigenvalue weighted by Gasteiger charge is -2.27. The minimum atomic E-state index is -0.697. The first-order valence-corrected chi connectivity index (χ1v) is 15.4. The lowest BCUT2D eigenvalue weighted by molar-refractivity contribution is -0.124. The molecule has 1 heterocycles. The van der Waals surface area contributed by atoms with Crippen LogP contribution in [-0.2, 0) is 11.4 Å². The van der Waals surface area contributed by atoms with Crippen LogP contribution in [0.2, 0.25) is 0 Å². The molecule has 1 aromatic heterocycles. The SMILES string of the molecule is C[C@@H](CNc1ccc(OCc2ccccc2)cc1)NC(=O)[C@H](CC1CCCCC1)NC(=O)c1ccc(-c2cccc(F)c2)o1. The molecule has 0 saturated heterocycles. The standard InChI is InChI=1S/C36H40FN3O4/c1-25(23-38-30-15-17-31(18-16-30)43-24-27-11-6-3-7-12-27)39-35(41)32(21-26-9-4-2-5-10-26)40-36(42)34-20-19-33(44-34)28-13-8-14-29(37)22-28/h3,6-8,11-20,22,25-26,32,38H,2,4-5,9-10,21,23-24H2,1H3,(H,39,41)(H,40,42)/t25-,32-/m0/s1. The Labute approximate surface area is 258 Å². The maximum absolute atomic E-state index is 13.7. The molecule has 5 rings (SSSR count). The van der Waals surface area contributed by atoms with Crippen molar-refractivity contribution in [3.05, 3.63) is 108 Å². The molecule has 2 atom stereocenters. The molecular formula is C36H40FN3O4. The van der Waals surface area contributed by atoms with Crippen LogP contribution in [0.1, 0.15) is 61.6 Å². The van der Waals surface area contributed by atoms with Crippen molar-refractivity contribution in [2.75, 3.05) is 11.9 Å². The topological polar surface area (TPSA) is 92.6 Å². The van der Waals surface area contributed by atoms with Crippen molar-refractivity contribution in [3.63, 3.8) is 0 Å². The largest absolute Gasteiger partial charge is 0.489 e. The summed E-state index contributed by atoms with van der Waals surface area (Å²) in [4.78, 5) is 26.6. The van der Waals surface area contributed by atoms with E-state index in [2.05, 4.69) is 16.0 Å². The number of halogens is 1. The zero-order valence-electron chi connectivity index (χ0n) is 25.1. The van der Waals surface area contributed by atoms with E-state index in [-0.39, 0.29) is 23.5 Å². The minimum Gasteiger partial charge on any atom is -0.489 e. The van der Waals surface area contributed by atoms with Crippen LogP contribution in [0.25, 0.3) is 11.3 Å². The molecule has 3 N–H and O–H groups in total. The first kappa shape index (κ1) is 30.9. The van der Waals surface area contributed by atoms with Crippen LogP contribution in [-0.4, -0.2) is 30.4 Å². The first-order chi connectivity index (χ1) is 21.4. The normalized spacial score (nSPS) is 14.8. The molecule has 4 aromatic rings. The van der Waals surface area contributed by atoms with Gasteiger partial charge in [-0.3, -0.25) is 9.59 Å². The highest BCUT2D eigenvalue weighted by Crippen LogP contribution is 2.28. The fourth-order valence-corrected chi connectivity index (χ4v) is 5.55. The van der Waals surface area contributed by atoms with Crippen LogP contribution in [0.5, 0.6) is 5.75 Å². The zero-order chi connectivity index (χ0) is 30.7. The van der Waals surface area contributed by atoms with E-state index in [1.165, 1.54) is 18.6 Å². The number of benzene rings is 3. The number of carbonyl (C=O) groups excluding carboxylic acids is 2. The zero-order valence-corrected chi connectivity index (χ0v) is 25.1. The van der Waals surface area contributed by atoms with E-state index in [0.717, 1.165) is 42.7 Å². The smallest absolute Gasteiger partial charge is 0.287 e. The van der Waals surface area contributed by atoms with Crippen molar-refractivity contribution in [1.29, 1.82) is 0 Å². The van der Waals surface area contributed by atoms with Gasteiger partial charge in [-0.15, -0.1) is 0 Å². The summed E-state index contributed by atoms with van der Waals surface area (Å²) in [6, 6.07) is 26.0. The van der Waals surface area contributed by atoms with Gasteiger partial charge in [-0.25, -0.2) is 4.39 Å². The molecule has 230 valence electrons. The lowest BCUT2D eigenvalue weighted by Crippen LogP contribution is -2.51.